The number of ether oxygens (including phenoxy) is 1. The summed E-state index contributed by atoms with van der Waals surface area (Å²) in [5, 5.41) is 15.3. The summed E-state index contributed by atoms with van der Waals surface area (Å²) in [4.78, 5) is 11.3. The van der Waals surface area contributed by atoms with Crippen LogP contribution in [0.1, 0.15) is 12.5 Å². The Morgan fingerprint density at radius 1 is 1.56 bits per heavy atom. The Morgan fingerprint density at radius 3 is 2.78 bits per heavy atom. The van der Waals surface area contributed by atoms with Gasteiger partial charge in [-0.05, 0) is 40.5 Å². The summed E-state index contributed by atoms with van der Waals surface area (Å²) >= 11 is 3.25. The number of rotatable bonds is 5. The summed E-state index contributed by atoms with van der Waals surface area (Å²) < 4.78 is 5.62. The van der Waals surface area contributed by atoms with E-state index in [1.54, 1.807) is 26.1 Å². The molecule has 0 fully saturated rings. The molecule has 0 saturated carbocycles. The van der Waals surface area contributed by atoms with Gasteiger partial charge < -0.3 is 20.5 Å². The lowest BCUT2D eigenvalue weighted by atomic mass is 10.2. The zero-order valence-electron chi connectivity index (χ0n) is 10.6. The molecule has 3 N–H and O–H groups in total. The Hall–Kier alpha value is -1.27. The molecule has 0 radical (unpaired) electrons. The standard InChI is InChI=1S/C12H17BrN2O3/c1-7(12(17)14-2)15-6-8-4-9(13)11(16)10(5-8)18-3/h4-5,7,15-16H,6H2,1-3H3,(H,14,17). The Bertz CT molecular complexity index is 438. The van der Waals surface area contributed by atoms with Crippen LogP contribution in [-0.4, -0.2) is 31.2 Å². The molecule has 1 rings (SSSR count). The number of methoxy groups -OCH3 is 1. The molecular weight excluding hydrogens is 300 g/mol. The predicted octanol–water partition coefficient (Wildman–Crippen LogP) is 1.39. The van der Waals surface area contributed by atoms with Gasteiger partial charge in [0.1, 0.15) is 0 Å². The van der Waals surface area contributed by atoms with Crippen molar-refractivity contribution in [2.45, 2.75) is 19.5 Å². The van der Waals surface area contributed by atoms with Crippen LogP contribution in [0.2, 0.25) is 0 Å². The molecule has 0 aliphatic carbocycles. The lowest BCUT2D eigenvalue weighted by Crippen LogP contribution is -2.40. The number of amides is 1. The van der Waals surface area contributed by atoms with Gasteiger partial charge in [0.05, 0.1) is 17.6 Å². The highest BCUT2D eigenvalue weighted by atomic mass is 79.9. The number of phenols is 1. The second-order valence-corrected chi connectivity index (χ2v) is 4.70. The third-order valence-electron chi connectivity index (χ3n) is 2.56. The average molecular weight is 317 g/mol. The summed E-state index contributed by atoms with van der Waals surface area (Å²) in [6.07, 6.45) is 0. The molecule has 1 aromatic rings. The molecular formula is C12H17BrN2O3. The van der Waals surface area contributed by atoms with Gasteiger partial charge in [-0.1, -0.05) is 0 Å². The zero-order valence-corrected chi connectivity index (χ0v) is 12.2. The third kappa shape index (κ3) is 3.61. The van der Waals surface area contributed by atoms with Gasteiger partial charge in [-0.3, -0.25) is 4.79 Å². The van der Waals surface area contributed by atoms with Crippen molar-refractivity contribution in [2.75, 3.05) is 14.2 Å². The van der Waals surface area contributed by atoms with Crippen molar-refractivity contribution in [1.82, 2.24) is 10.6 Å². The number of halogens is 1. The van der Waals surface area contributed by atoms with E-state index in [2.05, 4.69) is 26.6 Å². The van der Waals surface area contributed by atoms with Gasteiger partial charge in [-0.25, -0.2) is 0 Å². The van der Waals surface area contributed by atoms with Crippen LogP contribution in [-0.2, 0) is 11.3 Å². The van der Waals surface area contributed by atoms with Crippen LogP contribution < -0.4 is 15.4 Å². The van der Waals surface area contributed by atoms with Crippen molar-refractivity contribution in [3.05, 3.63) is 22.2 Å². The fourth-order valence-electron chi connectivity index (χ4n) is 1.47. The predicted molar refractivity (Wildman–Crippen MR) is 72.7 cm³/mol. The van der Waals surface area contributed by atoms with Crippen molar-refractivity contribution in [3.63, 3.8) is 0 Å². The van der Waals surface area contributed by atoms with Gasteiger partial charge in [0.2, 0.25) is 5.91 Å². The lowest BCUT2D eigenvalue weighted by molar-refractivity contribution is -0.122. The Morgan fingerprint density at radius 2 is 2.22 bits per heavy atom. The Balaban J connectivity index is 2.74. The van der Waals surface area contributed by atoms with Gasteiger partial charge in [0.25, 0.3) is 0 Å². The monoisotopic (exact) mass is 316 g/mol. The fraction of sp³-hybridized carbons (Fsp3) is 0.417. The van der Waals surface area contributed by atoms with Gasteiger partial charge in [-0.15, -0.1) is 0 Å². The highest BCUT2D eigenvalue weighted by Gasteiger charge is 2.12. The topological polar surface area (TPSA) is 70.6 Å². The quantitative estimate of drug-likeness (QED) is 0.767. The molecule has 0 aromatic heterocycles. The minimum atomic E-state index is -0.284. The maximum Gasteiger partial charge on any atom is 0.236 e. The molecule has 0 spiro atoms. The molecule has 0 bridgehead atoms. The van der Waals surface area contributed by atoms with E-state index in [4.69, 9.17) is 4.74 Å². The number of aromatic hydroxyl groups is 1. The number of hydrogen-bond donors (Lipinski definition) is 3. The number of carbonyl (C=O) groups excluding carboxylic acids is 1. The fourth-order valence-corrected chi connectivity index (χ4v) is 1.95. The van der Waals surface area contributed by atoms with E-state index in [1.807, 2.05) is 0 Å². The van der Waals surface area contributed by atoms with Crippen LogP contribution in [0.25, 0.3) is 0 Å². The second-order valence-electron chi connectivity index (χ2n) is 3.85. The Labute approximate surface area is 115 Å². The van der Waals surface area contributed by atoms with Crippen molar-refractivity contribution in [1.29, 1.82) is 0 Å². The number of likely N-dealkylation sites (N-methyl/N-ethyl adjacent to an activating group) is 1. The van der Waals surface area contributed by atoms with Crippen LogP contribution in [0, 0.1) is 0 Å². The SMILES string of the molecule is CNC(=O)C(C)NCc1cc(Br)c(O)c(OC)c1. The van der Waals surface area contributed by atoms with Gasteiger partial charge in [0, 0.05) is 13.6 Å². The van der Waals surface area contributed by atoms with Crippen molar-refractivity contribution >= 4 is 21.8 Å². The number of benzene rings is 1. The summed E-state index contributed by atoms with van der Waals surface area (Å²) in [6, 6.07) is 3.22. The van der Waals surface area contributed by atoms with E-state index < -0.39 is 0 Å². The van der Waals surface area contributed by atoms with Crippen molar-refractivity contribution < 1.29 is 14.6 Å². The van der Waals surface area contributed by atoms with Gasteiger partial charge in [0.15, 0.2) is 11.5 Å². The summed E-state index contributed by atoms with van der Waals surface area (Å²) in [5.41, 5.74) is 0.910. The molecule has 1 aromatic carbocycles. The first-order valence-electron chi connectivity index (χ1n) is 5.50. The minimum Gasteiger partial charge on any atom is -0.503 e. The maximum atomic E-state index is 11.3. The molecule has 6 heteroatoms. The maximum absolute atomic E-state index is 11.3. The molecule has 1 unspecified atom stereocenters. The molecule has 0 heterocycles. The zero-order chi connectivity index (χ0) is 13.7. The highest BCUT2D eigenvalue weighted by molar-refractivity contribution is 9.10. The van der Waals surface area contributed by atoms with Crippen LogP contribution >= 0.6 is 15.9 Å². The summed E-state index contributed by atoms with van der Waals surface area (Å²) in [7, 11) is 3.09. The molecule has 5 nitrogen and oxygen atoms in total. The van der Waals surface area contributed by atoms with E-state index in [0.717, 1.165) is 5.56 Å². The van der Waals surface area contributed by atoms with E-state index in [-0.39, 0.29) is 17.7 Å². The normalized spacial score (nSPS) is 12.0. The van der Waals surface area contributed by atoms with Gasteiger partial charge >= 0.3 is 0 Å². The molecule has 18 heavy (non-hydrogen) atoms. The molecule has 100 valence electrons. The lowest BCUT2D eigenvalue weighted by Gasteiger charge is -2.13. The molecule has 0 aliphatic rings. The van der Waals surface area contributed by atoms with E-state index in [1.165, 1.54) is 7.11 Å². The third-order valence-corrected chi connectivity index (χ3v) is 3.16. The largest absolute Gasteiger partial charge is 0.503 e. The number of carbonyl (C=O) groups is 1. The molecule has 1 amide bonds. The first-order valence-corrected chi connectivity index (χ1v) is 6.29. The van der Waals surface area contributed by atoms with Crippen molar-refractivity contribution in [3.8, 4) is 11.5 Å². The van der Waals surface area contributed by atoms with Crippen LogP contribution in [0.15, 0.2) is 16.6 Å². The molecule has 0 saturated heterocycles. The van der Waals surface area contributed by atoms with E-state index in [0.29, 0.717) is 16.8 Å². The summed E-state index contributed by atoms with van der Waals surface area (Å²) in [5.74, 6) is 0.397. The second kappa shape index (κ2) is 6.61. The smallest absolute Gasteiger partial charge is 0.236 e. The number of hydrogen-bond acceptors (Lipinski definition) is 4. The Kier molecular flexibility index (Phi) is 5.43. The van der Waals surface area contributed by atoms with Crippen LogP contribution in [0.3, 0.4) is 0 Å². The van der Waals surface area contributed by atoms with Crippen LogP contribution in [0.5, 0.6) is 11.5 Å². The van der Waals surface area contributed by atoms with Gasteiger partial charge in [-0.2, -0.15) is 0 Å². The van der Waals surface area contributed by atoms with E-state index >= 15 is 0 Å². The van der Waals surface area contributed by atoms with Crippen LogP contribution in [0.4, 0.5) is 0 Å². The first kappa shape index (κ1) is 14.8. The number of nitrogens with one attached hydrogen (secondary N) is 2. The summed E-state index contributed by atoms with van der Waals surface area (Å²) in [6.45, 7) is 2.29. The minimum absolute atomic E-state index is 0.0696. The average Bonchev–Trinajstić information content (AvgIpc) is 2.38. The van der Waals surface area contributed by atoms with Crippen molar-refractivity contribution in [2.24, 2.45) is 0 Å². The van der Waals surface area contributed by atoms with E-state index in [9.17, 15) is 9.90 Å². The number of phenolic OH excluding ortho intramolecular Hbond substituents is 1. The molecule has 1 atom stereocenters. The first-order chi connectivity index (χ1) is 8.49. The molecule has 0 aliphatic heterocycles. The highest BCUT2D eigenvalue weighted by Crippen LogP contribution is 2.35.